The number of hydrogen-bond acceptors (Lipinski definition) is 5. The molecule has 1 amide bonds. The minimum Gasteiger partial charge on any atom is -0.326 e. The Morgan fingerprint density at radius 1 is 1.81 bits per heavy atom. The Labute approximate surface area is 98.7 Å². The summed E-state index contributed by atoms with van der Waals surface area (Å²) in [5.41, 5.74) is 6.84. The molecule has 0 spiro atoms. The van der Waals surface area contributed by atoms with Crippen LogP contribution in [0.5, 0.6) is 0 Å². The number of nitrogens with zero attached hydrogens (tertiary/aromatic N) is 2. The minimum atomic E-state index is -0.0795. The van der Waals surface area contributed by atoms with Gasteiger partial charge in [0.05, 0.1) is 5.69 Å². The number of hydrogen-bond donors (Lipinski definition) is 2. The fourth-order valence-electron chi connectivity index (χ4n) is 1.82. The Balaban J connectivity index is 1.90. The van der Waals surface area contributed by atoms with Crippen LogP contribution in [0.2, 0.25) is 0 Å². The molecule has 1 aliphatic heterocycles. The number of carbonyl (C=O) groups is 1. The first-order valence-corrected chi connectivity index (χ1v) is 6.21. The summed E-state index contributed by atoms with van der Waals surface area (Å²) in [5, 5.41) is 5.34. The summed E-state index contributed by atoms with van der Waals surface area (Å²) >= 11 is 1.46. The smallest absolute Gasteiger partial charge is 0.223 e. The molecule has 16 heavy (non-hydrogen) atoms. The van der Waals surface area contributed by atoms with E-state index in [1.807, 2.05) is 5.38 Å². The van der Waals surface area contributed by atoms with Crippen molar-refractivity contribution in [2.24, 2.45) is 5.73 Å². The van der Waals surface area contributed by atoms with Gasteiger partial charge in [-0.3, -0.25) is 9.69 Å². The van der Waals surface area contributed by atoms with Crippen molar-refractivity contribution in [1.29, 1.82) is 0 Å². The highest BCUT2D eigenvalue weighted by molar-refractivity contribution is 7.13. The first-order chi connectivity index (χ1) is 7.63. The quantitative estimate of drug-likeness (QED) is 0.813. The zero-order valence-electron chi connectivity index (χ0n) is 9.27. The number of anilines is 1. The monoisotopic (exact) mass is 240 g/mol. The molecule has 3 N–H and O–H groups in total. The van der Waals surface area contributed by atoms with E-state index in [9.17, 15) is 4.79 Å². The van der Waals surface area contributed by atoms with E-state index in [0.29, 0.717) is 11.2 Å². The van der Waals surface area contributed by atoms with Crippen LogP contribution in [0.25, 0.3) is 0 Å². The van der Waals surface area contributed by atoms with Crippen LogP contribution in [0, 0.1) is 0 Å². The largest absolute Gasteiger partial charge is 0.326 e. The molecule has 1 aromatic rings. The number of amides is 1. The van der Waals surface area contributed by atoms with Crippen molar-refractivity contribution < 1.29 is 4.79 Å². The molecule has 5 nitrogen and oxygen atoms in total. The summed E-state index contributed by atoms with van der Waals surface area (Å²) in [6.45, 7) is 4.28. The van der Waals surface area contributed by atoms with Crippen molar-refractivity contribution >= 4 is 22.4 Å². The molecule has 1 saturated heterocycles. The molecule has 1 atom stereocenters. The predicted octanol–water partition coefficient (Wildman–Crippen LogP) is 0.634. The molecular formula is C10H16N4OS. The maximum Gasteiger partial charge on any atom is 0.223 e. The second-order valence-electron chi connectivity index (χ2n) is 4.11. The van der Waals surface area contributed by atoms with Gasteiger partial charge < -0.3 is 11.1 Å². The first kappa shape index (κ1) is 11.5. The third-order valence-electron chi connectivity index (χ3n) is 2.53. The van der Waals surface area contributed by atoms with Crippen molar-refractivity contribution in [3.05, 3.63) is 11.1 Å². The van der Waals surface area contributed by atoms with E-state index in [1.54, 1.807) is 0 Å². The number of carbonyl (C=O) groups excluding carboxylic acids is 1. The highest BCUT2D eigenvalue weighted by atomic mass is 32.1. The molecule has 0 radical (unpaired) electrons. The van der Waals surface area contributed by atoms with E-state index in [2.05, 4.69) is 15.2 Å². The lowest BCUT2D eigenvalue weighted by Gasteiger charge is -2.12. The van der Waals surface area contributed by atoms with Crippen molar-refractivity contribution in [2.45, 2.75) is 25.9 Å². The van der Waals surface area contributed by atoms with Crippen molar-refractivity contribution in [2.75, 3.05) is 18.4 Å². The van der Waals surface area contributed by atoms with Gasteiger partial charge in [0.2, 0.25) is 5.91 Å². The van der Waals surface area contributed by atoms with Crippen LogP contribution < -0.4 is 11.1 Å². The lowest BCUT2D eigenvalue weighted by molar-refractivity contribution is -0.114. The lowest BCUT2D eigenvalue weighted by atomic mass is 10.3. The van der Waals surface area contributed by atoms with Gasteiger partial charge in [0.1, 0.15) is 0 Å². The Morgan fingerprint density at radius 3 is 3.25 bits per heavy atom. The molecule has 2 heterocycles. The molecule has 1 fully saturated rings. The summed E-state index contributed by atoms with van der Waals surface area (Å²) in [6.07, 6.45) is 1.06. The molecule has 1 aliphatic rings. The average molecular weight is 240 g/mol. The number of nitrogens with one attached hydrogen (secondary N) is 1. The van der Waals surface area contributed by atoms with Crippen LogP contribution in [-0.2, 0) is 11.3 Å². The van der Waals surface area contributed by atoms with Gasteiger partial charge in [0.15, 0.2) is 5.13 Å². The first-order valence-electron chi connectivity index (χ1n) is 5.33. The van der Waals surface area contributed by atoms with Gasteiger partial charge >= 0.3 is 0 Å². The second kappa shape index (κ2) is 4.90. The number of likely N-dealkylation sites (tertiary alicyclic amines) is 1. The highest BCUT2D eigenvalue weighted by Gasteiger charge is 2.19. The molecule has 88 valence electrons. The van der Waals surface area contributed by atoms with Crippen molar-refractivity contribution in [1.82, 2.24) is 9.88 Å². The fourth-order valence-corrected chi connectivity index (χ4v) is 2.57. The van der Waals surface area contributed by atoms with Crippen LogP contribution >= 0.6 is 11.3 Å². The summed E-state index contributed by atoms with van der Waals surface area (Å²) in [7, 11) is 0. The maximum absolute atomic E-state index is 10.8. The van der Waals surface area contributed by atoms with Crippen molar-refractivity contribution in [3.63, 3.8) is 0 Å². The van der Waals surface area contributed by atoms with E-state index in [4.69, 9.17) is 5.73 Å². The molecule has 0 saturated carbocycles. The normalized spacial score (nSPS) is 21.2. The molecule has 0 unspecified atom stereocenters. The van der Waals surface area contributed by atoms with Crippen molar-refractivity contribution in [3.8, 4) is 0 Å². The maximum atomic E-state index is 10.8. The van der Waals surface area contributed by atoms with E-state index in [0.717, 1.165) is 31.7 Å². The Hall–Kier alpha value is -0.980. The fraction of sp³-hybridized carbons (Fsp3) is 0.600. The Kier molecular flexibility index (Phi) is 3.52. The third kappa shape index (κ3) is 3.01. The summed E-state index contributed by atoms with van der Waals surface area (Å²) in [5.74, 6) is -0.0795. The molecule has 0 bridgehead atoms. The Bertz CT molecular complexity index is 379. The van der Waals surface area contributed by atoms with Crippen LogP contribution in [-0.4, -0.2) is 34.9 Å². The van der Waals surface area contributed by atoms with Gasteiger partial charge in [-0.25, -0.2) is 4.98 Å². The standard InChI is InChI=1S/C10H16N4OS/c1-7(15)12-10-13-9(6-16-10)5-14-3-2-8(11)4-14/h6,8H,2-5,11H2,1H3,(H,12,13,15)/t8-/m1/s1. The molecule has 2 rings (SSSR count). The van der Waals surface area contributed by atoms with Crippen LogP contribution in [0.15, 0.2) is 5.38 Å². The second-order valence-corrected chi connectivity index (χ2v) is 4.97. The van der Waals surface area contributed by atoms with Gasteiger partial charge in [-0.1, -0.05) is 0 Å². The SMILES string of the molecule is CC(=O)Nc1nc(CN2CC[C@@H](N)C2)cs1. The zero-order chi connectivity index (χ0) is 11.5. The van der Waals surface area contributed by atoms with E-state index in [1.165, 1.54) is 18.3 Å². The van der Waals surface area contributed by atoms with Gasteiger partial charge in [0.25, 0.3) is 0 Å². The van der Waals surface area contributed by atoms with Gasteiger partial charge in [-0.05, 0) is 6.42 Å². The number of nitrogens with two attached hydrogens (primary N) is 1. The van der Waals surface area contributed by atoms with Gasteiger partial charge in [-0.2, -0.15) is 0 Å². The molecular weight excluding hydrogens is 224 g/mol. The van der Waals surface area contributed by atoms with Crippen LogP contribution in [0.3, 0.4) is 0 Å². The average Bonchev–Trinajstić information content (AvgIpc) is 2.76. The lowest BCUT2D eigenvalue weighted by Crippen LogP contribution is -2.26. The number of rotatable bonds is 3. The third-order valence-corrected chi connectivity index (χ3v) is 3.34. The predicted molar refractivity (Wildman–Crippen MR) is 64.3 cm³/mol. The molecule has 1 aromatic heterocycles. The Morgan fingerprint density at radius 2 is 2.62 bits per heavy atom. The number of aromatic nitrogens is 1. The molecule has 6 heteroatoms. The topological polar surface area (TPSA) is 71.2 Å². The number of thiazole rings is 1. The van der Waals surface area contributed by atoms with Crippen LogP contribution in [0.4, 0.5) is 5.13 Å². The summed E-state index contributed by atoms with van der Waals surface area (Å²) in [4.78, 5) is 17.5. The van der Waals surface area contributed by atoms with E-state index >= 15 is 0 Å². The van der Waals surface area contributed by atoms with E-state index < -0.39 is 0 Å². The molecule has 0 aliphatic carbocycles. The minimum absolute atomic E-state index is 0.0795. The zero-order valence-corrected chi connectivity index (χ0v) is 10.1. The van der Waals surface area contributed by atoms with Gasteiger partial charge in [0, 0.05) is 38.0 Å². The summed E-state index contributed by atoms with van der Waals surface area (Å²) in [6, 6.07) is 0.299. The summed E-state index contributed by atoms with van der Waals surface area (Å²) < 4.78 is 0. The molecule has 0 aromatic carbocycles. The van der Waals surface area contributed by atoms with Gasteiger partial charge in [-0.15, -0.1) is 11.3 Å². The highest BCUT2D eigenvalue weighted by Crippen LogP contribution is 2.18. The van der Waals surface area contributed by atoms with Crippen LogP contribution in [0.1, 0.15) is 19.0 Å². The van der Waals surface area contributed by atoms with E-state index in [-0.39, 0.29) is 5.91 Å².